The standard InChI is InChI=1S/C21H20ClN5/c1-13-16-6-3-7-17(15-5-4-8-27(2)12-15)20(16)26-25-19(13)21-18(22)9-14(10-23)11-24-21/h3,6-7,9,11,15H,4-5,8,12H2,1-2H3. The van der Waals surface area contributed by atoms with E-state index in [9.17, 15) is 0 Å². The van der Waals surface area contributed by atoms with E-state index in [4.69, 9.17) is 16.9 Å². The van der Waals surface area contributed by atoms with E-state index in [0.717, 1.165) is 29.6 Å². The van der Waals surface area contributed by atoms with E-state index in [0.29, 0.717) is 27.9 Å². The van der Waals surface area contributed by atoms with Crippen molar-refractivity contribution in [3.63, 3.8) is 0 Å². The normalized spacial score (nSPS) is 17.8. The van der Waals surface area contributed by atoms with Crippen LogP contribution in [-0.2, 0) is 0 Å². The Labute approximate surface area is 163 Å². The maximum Gasteiger partial charge on any atom is 0.116 e. The number of aromatic nitrogens is 3. The van der Waals surface area contributed by atoms with E-state index < -0.39 is 0 Å². The summed E-state index contributed by atoms with van der Waals surface area (Å²) in [6.07, 6.45) is 3.89. The number of aryl methyl sites for hydroxylation is 1. The molecule has 1 unspecified atom stereocenters. The molecule has 0 N–H and O–H groups in total. The zero-order valence-electron chi connectivity index (χ0n) is 15.4. The highest BCUT2D eigenvalue weighted by molar-refractivity contribution is 6.33. The number of benzene rings is 1. The minimum absolute atomic E-state index is 0.413. The van der Waals surface area contributed by atoms with Crippen molar-refractivity contribution in [1.29, 1.82) is 5.26 Å². The molecule has 1 saturated heterocycles. The average molecular weight is 378 g/mol. The van der Waals surface area contributed by atoms with Gasteiger partial charge in [0.25, 0.3) is 0 Å². The fraction of sp³-hybridized carbons (Fsp3) is 0.333. The number of likely N-dealkylation sites (N-methyl/N-ethyl adjacent to an activating group) is 1. The summed E-state index contributed by atoms with van der Waals surface area (Å²) in [5.41, 5.74) is 4.88. The van der Waals surface area contributed by atoms with Crippen LogP contribution < -0.4 is 0 Å². The van der Waals surface area contributed by atoms with Crippen molar-refractivity contribution in [1.82, 2.24) is 20.1 Å². The summed E-state index contributed by atoms with van der Waals surface area (Å²) in [6, 6.07) is 10.0. The van der Waals surface area contributed by atoms with Gasteiger partial charge in [-0.2, -0.15) is 5.26 Å². The molecule has 136 valence electrons. The SMILES string of the molecule is Cc1c(-c2ncc(C#N)cc2Cl)nnc2c(C3CCCN(C)C3)cccc12. The number of likely N-dealkylation sites (tertiary alicyclic amines) is 1. The van der Waals surface area contributed by atoms with Gasteiger partial charge in [-0.1, -0.05) is 29.8 Å². The van der Waals surface area contributed by atoms with E-state index in [1.54, 1.807) is 6.07 Å². The second kappa shape index (κ2) is 7.22. The summed E-state index contributed by atoms with van der Waals surface area (Å²) < 4.78 is 0. The molecule has 1 aliphatic heterocycles. The smallest absolute Gasteiger partial charge is 0.116 e. The Morgan fingerprint density at radius 3 is 2.85 bits per heavy atom. The Morgan fingerprint density at radius 1 is 1.26 bits per heavy atom. The van der Waals surface area contributed by atoms with Crippen molar-refractivity contribution >= 4 is 22.5 Å². The predicted octanol–water partition coefficient (Wildman–Crippen LogP) is 4.33. The summed E-state index contributed by atoms with van der Waals surface area (Å²) >= 11 is 6.35. The number of nitriles is 1. The van der Waals surface area contributed by atoms with Gasteiger partial charge in [0.15, 0.2) is 0 Å². The van der Waals surface area contributed by atoms with E-state index in [-0.39, 0.29) is 0 Å². The van der Waals surface area contributed by atoms with Gasteiger partial charge in [0, 0.05) is 18.1 Å². The second-order valence-corrected chi connectivity index (χ2v) is 7.59. The molecule has 6 heteroatoms. The zero-order valence-corrected chi connectivity index (χ0v) is 16.2. The summed E-state index contributed by atoms with van der Waals surface area (Å²) in [5, 5.41) is 19.5. The van der Waals surface area contributed by atoms with Crippen LogP contribution in [-0.4, -0.2) is 40.2 Å². The third-order valence-electron chi connectivity index (χ3n) is 5.34. The molecule has 4 rings (SSSR count). The number of rotatable bonds is 2. The third kappa shape index (κ3) is 3.27. The molecule has 3 aromatic rings. The van der Waals surface area contributed by atoms with Crippen molar-refractivity contribution in [2.45, 2.75) is 25.7 Å². The van der Waals surface area contributed by atoms with Crippen LogP contribution in [0.5, 0.6) is 0 Å². The number of hydrogen-bond donors (Lipinski definition) is 0. The van der Waals surface area contributed by atoms with E-state index in [2.05, 4.69) is 51.4 Å². The Morgan fingerprint density at radius 2 is 2.11 bits per heavy atom. The molecule has 1 fully saturated rings. The lowest BCUT2D eigenvalue weighted by molar-refractivity contribution is 0.251. The number of halogens is 1. The first-order chi connectivity index (χ1) is 13.1. The highest BCUT2D eigenvalue weighted by Crippen LogP contribution is 2.35. The average Bonchev–Trinajstić information content (AvgIpc) is 2.68. The van der Waals surface area contributed by atoms with E-state index in [1.807, 2.05) is 6.92 Å². The van der Waals surface area contributed by atoms with Gasteiger partial charge in [0.05, 0.1) is 16.1 Å². The molecule has 0 radical (unpaired) electrons. The summed E-state index contributed by atoms with van der Waals surface area (Å²) in [4.78, 5) is 6.72. The minimum atomic E-state index is 0.413. The lowest BCUT2D eigenvalue weighted by atomic mass is 9.88. The molecular weight excluding hydrogens is 358 g/mol. The number of fused-ring (bicyclic) bond motifs is 1. The highest BCUT2D eigenvalue weighted by atomic mass is 35.5. The first-order valence-electron chi connectivity index (χ1n) is 9.09. The van der Waals surface area contributed by atoms with Gasteiger partial charge in [0.1, 0.15) is 17.5 Å². The lowest BCUT2D eigenvalue weighted by Crippen LogP contribution is -2.31. The largest absolute Gasteiger partial charge is 0.306 e. The van der Waals surface area contributed by atoms with Gasteiger partial charge in [-0.3, -0.25) is 4.98 Å². The molecular formula is C21H20ClN5. The van der Waals surface area contributed by atoms with Gasteiger partial charge >= 0.3 is 0 Å². The number of hydrogen-bond acceptors (Lipinski definition) is 5. The van der Waals surface area contributed by atoms with E-state index in [1.165, 1.54) is 24.6 Å². The van der Waals surface area contributed by atoms with Crippen molar-refractivity contribution < 1.29 is 0 Å². The van der Waals surface area contributed by atoms with Crippen molar-refractivity contribution in [3.05, 3.63) is 52.2 Å². The van der Waals surface area contributed by atoms with Crippen molar-refractivity contribution in [3.8, 4) is 17.5 Å². The maximum absolute atomic E-state index is 9.01. The van der Waals surface area contributed by atoms with Crippen LogP contribution >= 0.6 is 11.6 Å². The quantitative estimate of drug-likeness (QED) is 0.664. The molecule has 1 aromatic carbocycles. The Bertz CT molecular complexity index is 1060. The third-order valence-corrected chi connectivity index (χ3v) is 5.62. The van der Waals surface area contributed by atoms with Crippen LogP contribution in [0.3, 0.4) is 0 Å². The van der Waals surface area contributed by atoms with Crippen LogP contribution in [0.2, 0.25) is 5.02 Å². The predicted molar refractivity (Wildman–Crippen MR) is 107 cm³/mol. The van der Waals surface area contributed by atoms with Crippen LogP contribution in [0.4, 0.5) is 0 Å². The molecule has 0 saturated carbocycles. The number of pyridine rings is 1. The van der Waals surface area contributed by atoms with Crippen molar-refractivity contribution in [2.75, 3.05) is 20.1 Å². The molecule has 27 heavy (non-hydrogen) atoms. The minimum Gasteiger partial charge on any atom is -0.306 e. The van der Waals surface area contributed by atoms with Gasteiger partial charge < -0.3 is 4.90 Å². The van der Waals surface area contributed by atoms with Gasteiger partial charge in [-0.25, -0.2) is 0 Å². The number of piperidine rings is 1. The topological polar surface area (TPSA) is 65.7 Å². The fourth-order valence-electron chi connectivity index (χ4n) is 3.93. The van der Waals surface area contributed by atoms with Gasteiger partial charge in [-0.05, 0) is 56.5 Å². The molecule has 5 nitrogen and oxygen atoms in total. The molecule has 1 aliphatic rings. The fourth-order valence-corrected chi connectivity index (χ4v) is 4.18. The van der Waals surface area contributed by atoms with Crippen LogP contribution in [0.25, 0.3) is 22.3 Å². The first kappa shape index (κ1) is 17.8. The summed E-state index contributed by atoms with van der Waals surface area (Å²) in [6.45, 7) is 4.23. The molecule has 0 bridgehead atoms. The van der Waals surface area contributed by atoms with E-state index >= 15 is 0 Å². The van der Waals surface area contributed by atoms with Crippen LogP contribution in [0.1, 0.15) is 35.4 Å². The second-order valence-electron chi connectivity index (χ2n) is 7.18. The molecule has 0 spiro atoms. The zero-order chi connectivity index (χ0) is 19.0. The monoisotopic (exact) mass is 377 g/mol. The van der Waals surface area contributed by atoms with Gasteiger partial charge in [-0.15, -0.1) is 10.2 Å². The van der Waals surface area contributed by atoms with Gasteiger partial charge in [0.2, 0.25) is 0 Å². The maximum atomic E-state index is 9.01. The van der Waals surface area contributed by atoms with Crippen LogP contribution in [0.15, 0.2) is 30.5 Å². The summed E-state index contributed by atoms with van der Waals surface area (Å²) in [7, 11) is 2.17. The molecule has 0 amide bonds. The Hall–Kier alpha value is -2.55. The molecule has 0 aliphatic carbocycles. The Balaban J connectivity index is 1.83. The Kier molecular flexibility index (Phi) is 4.77. The molecule has 2 aromatic heterocycles. The summed E-state index contributed by atoms with van der Waals surface area (Å²) in [5.74, 6) is 0.476. The lowest BCUT2D eigenvalue weighted by Gasteiger charge is -2.30. The molecule has 1 atom stereocenters. The first-order valence-corrected chi connectivity index (χ1v) is 9.46. The highest BCUT2D eigenvalue weighted by Gasteiger charge is 2.23. The number of nitrogens with zero attached hydrogens (tertiary/aromatic N) is 5. The van der Waals surface area contributed by atoms with Crippen LogP contribution in [0, 0.1) is 18.3 Å². The van der Waals surface area contributed by atoms with Crippen molar-refractivity contribution in [2.24, 2.45) is 0 Å². The molecule has 3 heterocycles.